The van der Waals surface area contributed by atoms with Crippen LogP contribution in [0, 0.1) is 0 Å². The van der Waals surface area contributed by atoms with Gasteiger partial charge >= 0.3 is 12.0 Å². The van der Waals surface area contributed by atoms with Crippen molar-refractivity contribution in [3.05, 3.63) is 71.8 Å². The lowest BCUT2D eigenvalue weighted by Gasteiger charge is -2.25. The Hall–Kier alpha value is -3.88. The van der Waals surface area contributed by atoms with Crippen LogP contribution in [0.1, 0.15) is 28.8 Å². The van der Waals surface area contributed by atoms with Crippen LogP contribution in [0.5, 0.6) is 5.75 Å². The Balaban J connectivity index is 0.00000220. The first-order chi connectivity index (χ1) is 18.6. The average molecular weight is 585 g/mol. The van der Waals surface area contributed by atoms with E-state index in [0.717, 1.165) is 42.6 Å². The van der Waals surface area contributed by atoms with Crippen LogP contribution in [0.4, 0.5) is 23.0 Å². The van der Waals surface area contributed by atoms with Gasteiger partial charge in [-0.15, -0.1) is 24.8 Å². The maximum absolute atomic E-state index is 13.7. The number of fused-ring (bicyclic) bond motifs is 2. The number of methoxy groups -OCH3 is 1. The van der Waals surface area contributed by atoms with Gasteiger partial charge in [0.2, 0.25) is 5.95 Å². The van der Waals surface area contributed by atoms with Crippen LogP contribution in [0.15, 0.2) is 60.7 Å². The third-order valence-electron chi connectivity index (χ3n) is 6.78. The van der Waals surface area contributed by atoms with Crippen LogP contribution in [0.3, 0.4) is 0 Å². The fraction of sp³-hybridized carbons (Fsp3) is 0.276. The van der Waals surface area contributed by atoms with Crippen molar-refractivity contribution >= 4 is 70.8 Å². The van der Waals surface area contributed by atoms with Crippen molar-refractivity contribution in [2.24, 2.45) is 0 Å². The van der Waals surface area contributed by atoms with Crippen molar-refractivity contribution in [1.82, 2.24) is 15.3 Å². The second-order valence-electron chi connectivity index (χ2n) is 9.14. The molecule has 40 heavy (non-hydrogen) atoms. The number of likely N-dealkylation sites (N-methyl/N-ethyl adjacent to an activating group) is 1. The predicted octanol–water partition coefficient (Wildman–Crippen LogP) is 5.34. The molecule has 0 atom stereocenters. The fourth-order valence-electron chi connectivity index (χ4n) is 4.89. The number of para-hydroxylation sites is 2. The summed E-state index contributed by atoms with van der Waals surface area (Å²) in [7, 11) is 3.40. The Morgan fingerprint density at radius 1 is 1.10 bits per heavy atom. The molecule has 0 bridgehead atoms. The number of aromatic amines is 1. The molecule has 2 heterocycles. The van der Waals surface area contributed by atoms with E-state index >= 15 is 0 Å². The Morgan fingerprint density at radius 2 is 1.93 bits per heavy atom. The number of ether oxygens (including phenoxy) is 1. The van der Waals surface area contributed by atoms with Crippen LogP contribution in [-0.4, -0.2) is 60.3 Å². The lowest BCUT2D eigenvalue weighted by molar-refractivity contribution is -0.330. The zero-order valence-electron chi connectivity index (χ0n) is 22.4. The monoisotopic (exact) mass is 583 g/mol. The highest BCUT2D eigenvalue weighted by atomic mass is 35.5. The van der Waals surface area contributed by atoms with E-state index in [1.807, 2.05) is 31.3 Å². The van der Waals surface area contributed by atoms with Gasteiger partial charge < -0.3 is 25.3 Å². The number of hydrogen-bond acceptors (Lipinski definition) is 7. The van der Waals surface area contributed by atoms with Gasteiger partial charge in [0.1, 0.15) is 11.3 Å². The van der Waals surface area contributed by atoms with Crippen molar-refractivity contribution in [3.63, 3.8) is 0 Å². The number of rotatable bonds is 8. The molecule has 210 valence electrons. The molecular weight excluding hydrogens is 551 g/mol. The average Bonchev–Trinajstić information content (AvgIpc) is 3.25. The summed E-state index contributed by atoms with van der Waals surface area (Å²) in [4.78, 5) is 35.8. The molecule has 1 amide bonds. The summed E-state index contributed by atoms with van der Waals surface area (Å²) in [6.07, 6.45) is 5.02. The number of H-pyrrole nitrogens is 1. The maximum atomic E-state index is 13.7. The summed E-state index contributed by atoms with van der Waals surface area (Å²) in [6, 6.07) is 19.2. The minimum Gasteiger partial charge on any atom is -0.496 e. The summed E-state index contributed by atoms with van der Waals surface area (Å²) in [5.41, 5.74) is 5.20. The van der Waals surface area contributed by atoms with Gasteiger partial charge in [-0.05, 0) is 60.7 Å². The first kappa shape index (κ1) is 30.7. The second kappa shape index (κ2) is 14.0. The third-order valence-corrected chi connectivity index (χ3v) is 6.78. The molecule has 0 saturated carbocycles. The molecule has 1 aromatic heterocycles. The van der Waals surface area contributed by atoms with Gasteiger partial charge in [0.25, 0.3) is 5.69 Å². The number of hydrogen-bond donors (Lipinski definition) is 3. The number of amides is 1. The molecule has 1 aliphatic heterocycles. The number of halogens is 2. The van der Waals surface area contributed by atoms with Crippen LogP contribution >= 0.6 is 24.8 Å². The third kappa shape index (κ3) is 6.13. The molecule has 11 heteroatoms. The molecule has 0 saturated heterocycles. The number of aromatic nitrogens is 2. The van der Waals surface area contributed by atoms with E-state index in [4.69, 9.17) is 4.74 Å². The lowest BCUT2D eigenvalue weighted by atomic mass is 10.1. The minimum absolute atomic E-state index is 0. The van der Waals surface area contributed by atoms with E-state index in [-0.39, 0.29) is 30.4 Å². The van der Waals surface area contributed by atoms with Gasteiger partial charge in [-0.2, -0.15) is 4.79 Å². The summed E-state index contributed by atoms with van der Waals surface area (Å²) in [5, 5.41) is 6.26. The number of nitrogens with one attached hydrogen (secondary N) is 3. The van der Waals surface area contributed by atoms with Gasteiger partial charge in [0.05, 0.1) is 12.6 Å². The molecule has 0 spiro atoms. The molecule has 4 aromatic rings. The Morgan fingerprint density at radius 3 is 2.70 bits per heavy atom. The van der Waals surface area contributed by atoms with E-state index in [1.54, 1.807) is 24.3 Å². The van der Waals surface area contributed by atoms with E-state index < -0.39 is 5.91 Å². The van der Waals surface area contributed by atoms with Gasteiger partial charge in [0.15, 0.2) is 5.52 Å². The summed E-state index contributed by atoms with van der Waals surface area (Å²) >= 11 is 0. The first-order valence-corrected chi connectivity index (χ1v) is 12.8. The first-order valence-electron chi connectivity index (χ1n) is 12.8. The van der Waals surface area contributed by atoms with Gasteiger partial charge in [-0.1, -0.05) is 24.3 Å². The number of carbonyl (C=O) groups is 1. The van der Waals surface area contributed by atoms with E-state index in [2.05, 4.69) is 43.7 Å². The lowest BCUT2D eigenvalue weighted by Crippen LogP contribution is -2.20. The van der Waals surface area contributed by atoms with E-state index in [1.165, 1.54) is 18.4 Å². The number of carbonyl (C=O) groups excluding carboxylic acids is 2. The number of aryl methyl sites for hydroxylation is 1. The zero-order chi connectivity index (χ0) is 26.5. The molecule has 0 fully saturated rings. The number of isocyanates is 1. The molecule has 0 aliphatic carbocycles. The highest BCUT2D eigenvalue weighted by molar-refractivity contribution is 5.97. The minimum atomic E-state index is -0.542. The van der Waals surface area contributed by atoms with Gasteiger partial charge in [-0.3, -0.25) is 0 Å². The van der Waals surface area contributed by atoms with E-state index in [0.29, 0.717) is 35.0 Å². The summed E-state index contributed by atoms with van der Waals surface area (Å²) < 4.78 is 6.61. The molecule has 5 rings (SSSR count). The van der Waals surface area contributed by atoms with Crippen molar-refractivity contribution in [2.75, 3.05) is 44.0 Å². The molecule has 9 nitrogen and oxygen atoms in total. The van der Waals surface area contributed by atoms with Crippen LogP contribution in [0.2, 0.25) is 0 Å². The van der Waals surface area contributed by atoms with E-state index in [9.17, 15) is 9.59 Å². The Kier molecular flexibility index (Phi) is 10.7. The van der Waals surface area contributed by atoms with Crippen molar-refractivity contribution in [2.45, 2.75) is 19.3 Å². The number of nitrogens with zero attached hydrogens (tertiary/aromatic N) is 3. The largest absolute Gasteiger partial charge is 0.496 e. The van der Waals surface area contributed by atoms with Crippen molar-refractivity contribution in [3.8, 4) is 5.75 Å². The molecule has 3 aromatic carbocycles. The fourth-order valence-corrected chi connectivity index (χ4v) is 4.89. The zero-order valence-corrected chi connectivity index (χ0v) is 24.0. The highest BCUT2D eigenvalue weighted by Crippen LogP contribution is 2.36. The Bertz CT molecular complexity index is 1530. The number of benzene rings is 3. The molecule has 0 radical (unpaired) electrons. The second-order valence-corrected chi connectivity index (χ2v) is 9.14. The number of anilines is 3. The highest BCUT2D eigenvalue weighted by Gasteiger charge is 2.31. The van der Waals surface area contributed by atoms with Gasteiger partial charge in [-0.25, -0.2) is 9.78 Å². The van der Waals surface area contributed by atoms with Crippen molar-refractivity contribution < 1.29 is 18.9 Å². The quantitative estimate of drug-likeness (QED) is 0.111. The predicted molar refractivity (Wildman–Crippen MR) is 162 cm³/mol. The molecular formula is C29H33Cl2N6O3+. The normalized spacial score (nSPS) is 12.3. The molecule has 1 aliphatic rings. The van der Waals surface area contributed by atoms with Gasteiger partial charge in [0, 0.05) is 43.1 Å². The number of imidazole rings is 1. The van der Waals surface area contributed by atoms with Crippen molar-refractivity contribution in [1.29, 1.82) is 0 Å². The Labute approximate surface area is 245 Å². The molecule has 3 N–H and O–H groups in total. The van der Waals surface area contributed by atoms with Crippen LogP contribution in [0.25, 0.3) is 11.0 Å². The maximum Gasteiger partial charge on any atom is 0.440 e. The SMILES string of the molecule is CNCCNc1nc2c([N+](=C=O)C(=O)c3ccc(N4CCCCc5ccccc54)cc3OC)cccc2[nH]1.Cl.Cl. The summed E-state index contributed by atoms with van der Waals surface area (Å²) in [6.45, 7) is 2.29. The summed E-state index contributed by atoms with van der Waals surface area (Å²) in [5.74, 6) is 0.402. The molecule has 0 unspecified atom stereocenters. The smallest absolute Gasteiger partial charge is 0.440 e. The van der Waals surface area contributed by atoms with Crippen LogP contribution < -0.4 is 20.3 Å². The van der Waals surface area contributed by atoms with Crippen LogP contribution in [-0.2, 0) is 11.2 Å². The topological polar surface area (TPSA) is 102 Å². The standard InChI is InChI=1S/C29H31N6O3.2ClH/c1-30-15-16-31-29-32-23-10-7-12-25(27(23)33-29)35(19-36)28(37)22-14-13-21(18-26(22)38-2)34-17-6-5-9-20-8-3-4-11-24(20)34;;/h3-4,7-8,10-14,18,30H,5-6,9,15-17H2,1-2H3,(H2,31,32,33);2*1H/q+1;;.